The number of carbonyl (C=O) groups is 1. The van der Waals surface area contributed by atoms with E-state index in [1.54, 1.807) is 19.9 Å². The molecule has 1 aromatic carbocycles. The standard InChI is InChI=1S/C15H17N3O2/c1-10-7-14(11(2)18-17-10)15(20)16-8-12-3-5-13(9-19)6-4-12/h3-7,19H,8-9H2,1-2H3,(H,16,20). The fourth-order valence-electron chi connectivity index (χ4n) is 1.82. The largest absolute Gasteiger partial charge is 0.392 e. The van der Waals surface area contributed by atoms with Crippen LogP contribution in [0.4, 0.5) is 0 Å². The second-order valence-corrected chi connectivity index (χ2v) is 4.64. The number of aliphatic hydroxyl groups is 1. The molecule has 5 heteroatoms. The summed E-state index contributed by atoms with van der Waals surface area (Å²) in [7, 11) is 0. The first-order valence-corrected chi connectivity index (χ1v) is 6.38. The monoisotopic (exact) mass is 271 g/mol. The van der Waals surface area contributed by atoms with Gasteiger partial charge in [-0.3, -0.25) is 4.79 Å². The SMILES string of the molecule is Cc1cc(C(=O)NCc2ccc(CO)cc2)c(C)nn1. The lowest BCUT2D eigenvalue weighted by Crippen LogP contribution is -2.24. The molecule has 0 aliphatic heterocycles. The van der Waals surface area contributed by atoms with E-state index >= 15 is 0 Å². The molecule has 20 heavy (non-hydrogen) atoms. The third-order valence-electron chi connectivity index (χ3n) is 3.00. The highest BCUT2D eigenvalue weighted by Crippen LogP contribution is 2.07. The molecule has 0 saturated carbocycles. The maximum Gasteiger partial charge on any atom is 0.253 e. The number of aliphatic hydroxyl groups excluding tert-OH is 1. The lowest BCUT2D eigenvalue weighted by molar-refractivity contribution is 0.0949. The Bertz CT molecular complexity index is 609. The van der Waals surface area contributed by atoms with Crippen molar-refractivity contribution >= 4 is 5.91 Å². The minimum Gasteiger partial charge on any atom is -0.392 e. The van der Waals surface area contributed by atoms with Gasteiger partial charge in [0.15, 0.2) is 0 Å². The van der Waals surface area contributed by atoms with Crippen molar-refractivity contribution in [1.29, 1.82) is 0 Å². The summed E-state index contributed by atoms with van der Waals surface area (Å²) in [6.45, 7) is 4.02. The predicted octanol–water partition coefficient (Wildman–Crippen LogP) is 1.52. The second kappa shape index (κ2) is 6.25. The quantitative estimate of drug-likeness (QED) is 0.884. The van der Waals surface area contributed by atoms with Gasteiger partial charge in [0.05, 0.1) is 23.6 Å². The summed E-state index contributed by atoms with van der Waals surface area (Å²) < 4.78 is 0. The molecule has 2 aromatic rings. The number of nitrogens with one attached hydrogen (secondary N) is 1. The Morgan fingerprint density at radius 3 is 2.45 bits per heavy atom. The zero-order valence-electron chi connectivity index (χ0n) is 11.6. The number of hydrogen-bond acceptors (Lipinski definition) is 4. The van der Waals surface area contributed by atoms with Gasteiger partial charge in [-0.15, -0.1) is 0 Å². The van der Waals surface area contributed by atoms with Gasteiger partial charge in [0.1, 0.15) is 0 Å². The fourth-order valence-corrected chi connectivity index (χ4v) is 1.82. The van der Waals surface area contributed by atoms with E-state index in [0.717, 1.165) is 11.1 Å². The summed E-state index contributed by atoms with van der Waals surface area (Å²) in [6, 6.07) is 9.17. The molecular weight excluding hydrogens is 254 g/mol. The van der Waals surface area contributed by atoms with Crippen LogP contribution in [0.15, 0.2) is 30.3 Å². The molecule has 1 aromatic heterocycles. The molecule has 0 atom stereocenters. The van der Waals surface area contributed by atoms with Gasteiger partial charge in [-0.1, -0.05) is 24.3 Å². The summed E-state index contributed by atoms with van der Waals surface area (Å²) in [5.41, 5.74) is 3.71. The van der Waals surface area contributed by atoms with Gasteiger partial charge < -0.3 is 10.4 Å². The number of nitrogens with zero attached hydrogens (tertiary/aromatic N) is 2. The molecule has 2 rings (SSSR count). The molecule has 0 aliphatic rings. The summed E-state index contributed by atoms with van der Waals surface area (Å²) in [6.07, 6.45) is 0. The topological polar surface area (TPSA) is 75.1 Å². The van der Waals surface area contributed by atoms with Crippen molar-refractivity contribution in [2.24, 2.45) is 0 Å². The van der Waals surface area contributed by atoms with Crippen molar-refractivity contribution in [3.05, 3.63) is 58.4 Å². The maximum atomic E-state index is 12.1. The normalized spacial score (nSPS) is 10.3. The highest BCUT2D eigenvalue weighted by atomic mass is 16.3. The molecule has 104 valence electrons. The number of aryl methyl sites for hydroxylation is 2. The molecule has 0 aliphatic carbocycles. The lowest BCUT2D eigenvalue weighted by Gasteiger charge is -2.08. The van der Waals surface area contributed by atoms with Crippen LogP contribution in [0.3, 0.4) is 0 Å². The van der Waals surface area contributed by atoms with Gasteiger partial charge in [-0.05, 0) is 31.0 Å². The number of amides is 1. The van der Waals surface area contributed by atoms with Gasteiger partial charge in [-0.25, -0.2) is 0 Å². The molecule has 2 N–H and O–H groups in total. The van der Waals surface area contributed by atoms with E-state index in [-0.39, 0.29) is 12.5 Å². The third-order valence-corrected chi connectivity index (χ3v) is 3.00. The number of benzene rings is 1. The Hall–Kier alpha value is -2.27. The maximum absolute atomic E-state index is 12.1. The Morgan fingerprint density at radius 1 is 1.15 bits per heavy atom. The smallest absolute Gasteiger partial charge is 0.253 e. The average molecular weight is 271 g/mol. The van der Waals surface area contributed by atoms with Crippen molar-refractivity contribution in [3.63, 3.8) is 0 Å². The first-order chi connectivity index (χ1) is 9.60. The average Bonchev–Trinajstić information content (AvgIpc) is 2.47. The van der Waals surface area contributed by atoms with Crippen LogP contribution in [0.5, 0.6) is 0 Å². The Kier molecular flexibility index (Phi) is 4.42. The van der Waals surface area contributed by atoms with Gasteiger partial charge in [-0.2, -0.15) is 10.2 Å². The van der Waals surface area contributed by atoms with Crippen LogP contribution in [0.2, 0.25) is 0 Å². The van der Waals surface area contributed by atoms with Gasteiger partial charge in [0.25, 0.3) is 5.91 Å². The van der Waals surface area contributed by atoms with Gasteiger partial charge in [0, 0.05) is 6.54 Å². The highest BCUT2D eigenvalue weighted by Gasteiger charge is 2.10. The number of carbonyl (C=O) groups excluding carboxylic acids is 1. The van der Waals surface area contributed by atoms with E-state index in [0.29, 0.717) is 23.5 Å². The fraction of sp³-hybridized carbons (Fsp3) is 0.267. The van der Waals surface area contributed by atoms with E-state index < -0.39 is 0 Å². The second-order valence-electron chi connectivity index (χ2n) is 4.64. The zero-order chi connectivity index (χ0) is 14.5. The van der Waals surface area contributed by atoms with Crippen LogP contribution in [0, 0.1) is 13.8 Å². The van der Waals surface area contributed by atoms with E-state index in [4.69, 9.17) is 5.11 Å². The van der Waals surface area contributed by atoms with Crippen LogP contribution in [0.1, 0.15) is 32.9 Å². The van der Waals surface area contributed by atoms with Crippen molar-refractivity contribution < 1.29 is 9.90 Å². The summed E-state index contributed by atoms with van der Waals surface area (Å²) >= 11 is 0. The van der Waals surface area contributed by atoms with Crippen molar-refractivity contribution in [3.8, 4) is 0 Å². The predicted molar refractivity (Wildman–Crippen MR) is 75.0 cm³/mol. The molecule has 5 nitrogen and oxygen atoms in total. The lowest BCUT2D eigenvalue weighted by atomic mass is 10.1. The van der Waals surface area contributed by atoms with Gasteiger partial charge in [0.2, 0.25) is 0 Å². The Labute approximate surface area is 117 Å². The number of aromatic nitrogens is 2. The molecule has 0 saturated heterocycles. The first-order valence-electron chi connectivity index (χ1n) is 6.38. The zero-order valence-corrected chi connectivity index (χ0v) is 11.6. The van der Waals surface area contributed by atoms with E-state index in [1.165, 1.54) is 0 Å². The number of hydrogen-bond donors (Lipinski definition) is 2. The minimum absolute atomic E-state index is 0.0216. The van der Waals surface area contributed by atoms with Gasteiger partial charge >= 0.3 is 0 Å². The molecule has 0 fully saturated rings. The van der Waals surface area contributed by atoms with E-state index in [2.05, 4.69) is 15.5 Å². The summed E-state index contributed by atoms with van der Waals surface area (Å²) in [5, 5.41) is 19.7. The van der Waals surface area contributed by atoms with Crippen molar-refractivity contribution in [1.82, 2.24) is 15.5 Å². The van der Waals surface area contributed by atoms with Crippen LogP contribution in [-0.4, -0.2) is 21.2 Å². The number of rotatable bonds is 4. The molecule has 0 bridgehead atoms. The van der Waals surface area contributed by atoms with Crippen LogP contribution < -0.4 is 5.32 Å². The Morgan fingerprint density at radius 2 is 1.80 bits per heavy atom. The van der Waals surface area contributed by atoms with E-state index in [9.17, 15) is 4.79 Å². The molecule has 0 spiro atoms. The summed E-state index contributed by atoms with van der Waals surface area (Å²) in [5.74, 6) is -0.160. The van der Waals surface area contributed by atoms with E-state index in [1.807, 2.05) is 24.3 Å². The third kappa shape index (κ3) is 3.39. The minimum atomic E-state index is -0.160. The van der Waals surface area contributed by atoms with Crippen molar-refractivity contribution in [2.45, 2.75) is 27.0 Å². The molecule has 1 heterocycles. The Balaban J connectivity index is 2.02. The molecule has 1 amide bonds. The molecular formula is C15H17N3O2. The van der Waals surface area contributed by atoms with Crippen LogP contribution in [0.25, 0.3) is 0 Å². The first kappa shape index (κ1) is 14.1. The highest BCUT2D eigenvalue weighted by molar-refractivity contribution is 5.95. The molecule has 0 radical (unpaired) electrons. The van der Waals surface area contributed by atoms with Crippen LogP contribution in [-0.2, 0) is 13.2 Å². The summed E-state index contributed by atoms with van der Waals surface area (Å²) in [4.78, 5) is 12.1. The van der Waals surface area contributed by atoms with Crippen LogP contribution >= 0.6 is 0 Å². The van der Waals surface area contributed by atoms with Crippen molar-refractivity contribution in [2.75, 3.05) is 0 Å². The molecule has 0 unspecified atom stereocenters.